The van der Waals surface area contributed by atoms with Crippen LogP contribution in [0.15, 0.2) is 17.1 Å². The molecule has 1 saturated carbocycles. The van der Waals surface area contributed by atoms with Gasteiger partial charge in [-0.25, -0.2) is 4.99 Å². The summed E-state index contributed by atoms with van der Waals surface area (Å²) in [5.74, 6) is 0.470. The van der Waals surface area contributed by atoms with Gasteiger partial charge in [0.15, 0.2) is 0 Å². The number of aryl methyl sites for hydroxylation is 1. The van der Waals surface area contributed by atoms with Crippen LogP contribution in [0, 0.1) is 18.3 Å². The van der Waals surface area contributed by atoms with E-state index in [9.17, 15) is 5.26 Å². The molecule has 0 spiro atoms. The maximum Gasteiger partial charge on any atom is 0.218 e. The number of rotatable bonds is 6. The van der Waals surface area contributed by atoms with Crippen LogP contribution >= 0.6 is 34.7 Å². The van der Waals surface area contributed by atoms with E-state index in [2.05, 4.69) is 15.4 Å². The highest BCUT2D eigenvalue weighted by molar-refractivity contribution is 7.08. The van der Waals surface area contributed by atoms with E-state index < -0.39 is 4.87 Å². The van der Waals surface area contributed by atoms with E-state index in [1.54, 1.807) is 12.4 Å². The number of ether oxygens (including phenoxy) is 1. The van der Waals surface area contributed by atoms with Gasteiger partial charge in [0, 0.05) is 25.1 Å². The molecule has 0 N–H and O–H groups in total. The van der Waals surface area contributed by atoms with Crippen LogP contribution < -0.4 is 4.74 Å². The molecular weight excluding hydrogens is 391 g/mol. The molecule has 2 aromatic rings. The van der Waals surface area contributed by atoms with Crippen LogP contribution in [0.25, 0.3) is 0 Å². The summed E-state index contributed by atoms with van der Waals surface area (Å²) in [6, 6.07) is 5.73. The fraction of sp³-hybridized carbons (Fsp3) is 0.389. The first-order valence-electron chi connectivity index (χ1n) is 8.19. The lowest BCUT2D eigenvalue weighted by atomic mass is 10.2. The number of nitriles is 1. The first kappa shape index (κ1) is 19.0. The molecular formula is C18H18Cl2N4OS. The molecule has 1 aromatic heterocycles. The first-order chi connectivity index (χ1) is 12.4. The fourth-order valence-electron chi connectivity index (χ4n) is 2.30. The average Bonchev–Trinajstić information content (AvgIpc) is 3.23. The number of nitrogens with zero attached hydrogens (tertiary/aromatic N) is 4. The van der Waals surface area contributed by atoms with Gasteiger partial charge in [0.1, 0.15) is 17.4 Å². The van der Waals surface area contributed by atoms with Crippen molar-refractivity contribution in [3.8, 4) is 16.9 Å². The van der Waals surface area contributed by atoms with E-state index in [0.717, 1.165) is 42.2 Å². The van der Waals surface area contributed by atoms with E-state index in [1.165, 1.54) is 0 Å². The lowest BCUT2D eigenvalue weighted by Crippen LogP contribution is -2.14. The highest BCUT2D eigenvalue weighted by Gasteiger charge is 2.47. The molecule has 136 valence electrons. The molecule has 26 heavy (non-hydrogen) atoms. The predicted octanol–water partition coefficient (Wildman–Crippen LogP) is 5.61. The van der Waals surface area contributed by atoms with Crippen LogP contribution in [0.4, 0.5) is 5.69 Å². The molecule has 1 aromatic carbocycles. The molecule has 1 aliphatic rings. The average molecular weight is 409 g/mol. The molecule has 0 radical (unpaired) electrons. The summed E-state index contributed by atoms with van der Waals surface area (Å²) in [7, 11) is 1.95. The van der Waals surface area contributed by atoms with Crippen molar-refractivity contribution >= 4 is 46.8 Å². The van der Waals surface area contributed by atoms with Gasteiger partial charge in [-0.2, -0.15) is 9.64 Å². The lowest BCUT2D eigenvalue weighted by Gasteiger charge is -2.11. The number of aromatic nitrogens is 1. The smallest absolute Gasteiger partial charge is 0.218 e. The van der Waals surface area contributed by atoms with Crippen molar-refractivity contribution in [1.29, 1.82) is 5.26 Å². The maximum absolute atomic E-state index is 9.49. The molecule has 1 fully saturated rings. The third-order valence-corrected chi connectivity index (χ3v) is 5.81. The Morgan fingerprint density at radius 3 is 2.85 bits per heavy atom. The Morgan fingerprint density at radius 1 is 1.50 bits per heavy atom. The number of alkyl halides is 1. The zero-order valence-electron chi connectivity index (χ0n) is 14.7. The third kappa shape index (κ3) is 3.80. The van der Waals surface area contributed by atoms with Crippen LogP contribution in [-0.2, 0) is 4.87 Å². The van der Waals surface area contributed by atoms with Crippen LogP contribution in [0.5, 0.6) is 10.8 Å². The van der Waals surface area contributed by atoms with Crippen molar-refractivity contribution in [1.82, 2.24) is 9.27 Å². The van der Waals surface area contributed by atoms with Crippen LogP contribution in [0.2, 0.25) is 5.02 Å². The normalized spacial score (nSPS) is 15.1. The largest absolute Gasteiger partial charge is 0.442 e. The third-order valence-electron chi connectivity index (χ3n) is 4.23. The van der Waals surface area contributed by atoms with E-state index in [0.29, 0.717) is 27.1 Å². The van der Waals surface area contributed by atoms with Crippen molar-refractivity contribution < 1.29 is 4.74 Å². The Hall–Kier alpha value is -1.81. The monoisotopic (exact) mass is 408 g/mol. The second-order valence-corrected chi connectivity index (χ2v) is 8.13. The predicted molar refractivity (Wildman–Crippen MR) is 106 cm³/mol. The van der Waals surface area contributed by atoms with Crippen molar-refractivity contribution in [3.63, 3.8) is 0 Å². The molecule has 0 bridgehead atoms. The second kappa shape index (κ2) is 7.43. The number of halogens is 2. The molecule has 8 heteroatoms. The molecule has 1 heterocycles. The number of benzene rings is 1. The molecule has 1 aliphatic carbocycles. The summed E-state index contributed by atoms with van der Waals surface area (Å²) in [4.78, 5) is 5.91. The molecule has 3 rings (SSSR count). The Bertz CT molecular complexity index is 899. The summed E-state index contributed by atoms with van der Waals surface area (Å²) in [6.45, 7) is 4.85. The quantitative estimate of drug-likeness (QED) is 0.354. The van der Waals surface area contributed by atoms with Gasteiger partial charge in [0.05, 0.1) is 27.6 Å². The molecule has 0 atom stereocenters. The molecule has 0 saturated heterocycles. The molecule has 0 aliphatic heterocycles. The van der Waals surface area contributed by atoms with Crippen molar-refractivity contribution in [3.05, 3.63) is 34.0 Å². The van der Waals surface area contributed by atoms with E-state index >= 15 is 0 Å². The van der Waals surface area contributed by atoms with Crippen molar-refractivity contribution in [2.24, 2.45) is 4.99 Å². The molecule has 0 unspecified atom stereocenters. The highest BCUT2D eigenvalue weighted by atomic mass is 35.5. The second-order valence-electron chi connectivity index (χ2n) is 6.26. The maximum atomic E-state index is 9.49. The van der Waals surface area contributed by atoms with Crippen LogP contribution in [-0.4, -0.2) is 29.2 Å². The minimum atomic E-state index is -0.507. The van der Waals surface area contributed by atoms with Gasteiger partial charge in [-0.1, -0.05) is 11.6 Å². The van der Waals surface area contributed by atoms with E-state index in [-0.39, 0.29) is 0 Å². The van der Waals surface area contributed by atoms with Gasteiger partial charge in [-0.15, -0.1) is 11.6 Å². The minimum Gasteiger partial charge on any atom is -0.442 e. The Morgan fingerprint density at radius 2 is 2.23 bits per heavy atom. The van der Waals surface area contributed by atoms with Gasteiger partial charge in [0.2, 0.25) is 5.06 Å². The summed E-state index contributed by atoms with van der Waals surface area (Å²) in [5, 5.41) is 10.3. The summed E-state index contributed by atoms with van der Waals surface area (Å²) >= 11 is 13.9. The number of hydrogen-bond acceptors (Lipinski definition) is 5. The Balaban J connectivity index is 1.87. The van der Waals surface area contributed by atoms with Gasteiger partial charge < -0.3 is 9.64 Å². The Kier molecular flexibility index (Phi) is 5.42. The lowest BCUT2D eigenvalue weighted by molar-refractivity contribution is 0.494. The first-order valence-corrected chi connectivity index (χ1v) is 9.72. The summed E-state index contributed by atoms with van der Waals surface area (Å²) < 4.78 is 10.2. The topological polar surface area (TPSA) is 61.5 Å². The Labute approximate surface area is 167 Å². The molecule has 5 nitrogen and oxygen atoms in total. The van der Waals surface area contributed by atoms with Crippen molar-refractivity contribution in [2.45, 2.75) is 31.6 Å². The minimum absolute atomic E-state index is 0.392. The van der Waals surface area contributed by atoms with Crippen molar-refractivity contribution in [2.75, 3.05) is 13.6 Å². The van der Waals surface area contributed by atoms with Crippen LogP contribution in [0.3, 0.4) is 0 Å². The standard InChI is InChI=1S/C18H18Cl2N4OS/c1-4-24(3)10-22-14-8-13(19)15(7-11(14)2)25-17-12(9-21)16(23-26-17)18(20)5-6-18/h7-8,10H,4-6H2,1-3H3. The zero-order chi connectivity index (χ0) is 18.9. The molecule has 0 amide bonds. The van der Waals surface area contributed by atoms with E-state index in [1.807, 2.05) is 31.9 Å². The number of aliphatic imine (C=N–C) groups is 1. The SMILES string of the molecule is CCN(C)C=Nc1cc(Cl)c(Oc2snc(C3(Cl)CC3)c2C#N)cc1C. The van der Waals surface area contributed by atoms with E-state index in [4.69, 9.17) is 27.9 Å². The zero-order valence-corrected chi connectivity index (χ0v) is 17.0. The van der Waals surface area contributed by atoms with Gasteiger partial charge in [0.25, 0.3) is 0 Å². The summed E-state index contributed by atoms with van der Waals surface area (Å²) in [5.41, 5.74) is 2.69. The fourth-order valence-corrected chi connectivity index (χ4v) is 3.58. The van der Waals surface area contributed by atoms with Crippen LogP contribution in [0.1, 0.15) is 36.6 Å². The van der Waals surface area contributed by atoms with Gasteiger partial charge >= 0.3 is 0 Å². The summed E-state index contributed by atoms with van der Waals surface area (Å²) in [6.07, 6.45) is 3.41. The number of hydrogen-bond donors (Lipinski definition) is 0. The van der Waals surface area contributed by atoms with Gasteiger partial charge in [-0.05, 0) is 44.4 Å². The van der Waals surface area contributed by atoms with Gasteiger partial charge in [-0.3, -0.25) is 0 Å². The highest BCUT2D eigenvalue weighted by Crippen LogP contribution is 2.54.